The smallest absolute Gasteiger partial charge is 0.402 e. The highest BCUT2D eigenvalue weighted by molar-refractivity contribution is 5.59. The van der Waals surface area contributed by atoms with E-state index in [1.54, 1.807) is 0 Å². The Morgan fingerprint density at radius 2 is 1.09 bits per heavy atom. The third-order valence-corrected chi connectivity index (χ3v) is 7.01. The molecule has 0 aliphatic heterocycles. The molecule has 43 heavy (non-hydrogen) atoms. The summed E-state index contributed by atoms with van der Waals surface area (Å²) in [6.45, 7) is 17.1. The summed E-state index contributed by atoms with van der Waals surface area (Å²) >= 11 is 0. The van der Waals surface area contributed by atoms with Gasteiger partial charge in [-0.05, 0) is 59.3 Å². The lowest BCUT2D eigenvalue weighted by Crippen LogP contribution is -2.45. The second-order valence-electron chi connectivity index (χ2n) is 12.7. The molecule has 0 rings (SSSR count). The summed E-state index contributed by atoms with van der Waals surface area (Å²) in [4.78, 5) is 22.0. The van der Waals surface area contributed by atoms with Crippen molar-refractivity contribution in [3.8, 4) is 0 Å². The van der Waals surface area contributed by atoms with E-state index in [0.29, 0.717) is 39.3 Å². The number of hydrogen-bond acceptors (Lipinski definition) is 8. The number of rotatable bonds is 31. The molecular formula is C35H70O8. The maximum atomic E-state index is 12.2. The van der Waals surface area contributed by atoms with Crippen molar-refractivity contribution in [1.29, 1.82) is 0 Å². The predicted molar refractivity (Wildman–Crippen MR) is 174 cm³/mol. The second kappa shape index (κ2) is 28.5. The summed E-state index contributed by atoms with van der Waals surface area (Å²) < 4.78 is 30.5. The van der Waals surface area contributed by atoms with E-state index in [2.05, 4.69) is 48.5 Å². The monoisotopic (exact) mass is 619 g/mol. The van der Waals surface area contributed by atoms with Gasteiger partial charge >= 0.3 is 6.16 Å². The maximum absolute atomic E-state index is 12.2. The normalized spacial score (nSPS) is 14.0. The summed E-state index contributed by atoms with van der Waals surface area (Å²) in [5.74, 6) is -1.02. The molecule has 0 saturated carbocycles. The minimum Gasteiger partial charge on any atom is -0.402 e. The Balaban J connectivity index is 4.78. The van der Waals surface area contributed by atoms with Crippen molar-refractivity contribution in [3.05, 3.63) is 0 Å². The number of carbonyl (C=O) groups is 1. The van der Waals surface area contributed by atoms with Crippen molar-refractivity contribution in [1.82, 2.24) is 0 Å². The fourth-order valence-electron chi connectivity index (χ4n) is 4.62. The van der Waals surface area contributed by atoms with E-state index in [1.165, 1.54) is 32.1 Å². The molecule has 0 aromatic carbocycles. The van der Waals surface area contributed by atoms with Gasteiger partial charge in [-0.1, -0.05) is 105 Å². The molecule has 0 spiro atoms. The molecule has 8 nitrogen and oxygen atoms in total. The molecule has 0 aromatic heterocycles. The van der Waals surface area contributed by atoms with Gasteiger partial charge in [0.05, 0.1) is 32.0 Å². The molecule has 258 valence electrons. The van der Waals surface area contributed by atoms with Crippen LogP contribution in [0.1, 0.15) is 177 Å². The largest absolute Gasteiger partial charge is 0.542 e. The van der Waals surface area contributed by atoms with E-state index in [1.807, 2.05) is 0 Å². The first-order valence-electron chi connectivity index (χ1n) is 17.8. The SMILES string of the molecule is CCCCCCCOOC(=O)OC(CCCCCCC(OCCCCC)(OCCCCCC)OC(C)(C)C)OCCCC. The molecule has 0 N–H and O–H groups in total. The van der Waals surface area contributed by atoms with E-state index in [4.69, 9.17) is 33.5 Å². The van der Waals surface area contributed by atoms with Gasteiger partial charge in [0.25, 0.3) is 5.97 Å². The van der Waals surface area contributed by atoms with Gasteiger partial charge in [0.1, 0.15) is 0 Å². The van der Waals surface area contributed by atoms with Crippen LogP contribution in [0.15, 0.2) is 0 Å². The average molecular weight is 619 g/mol. The zero-order valence-electron chi connectivity index (χ0n) is 29.3. The van der Waals surface area contributed by atoms with Crippen LogP contribution in [0.4, 0.5) is 4.79 Å². The van der Waals surface area contributed by atoms with Crippen LogP contribution in [0.5, 0.6) is 0 Å². The van der Waals surface area contributed by atoms with Crippen LogP contribution in [0, 0.1) is 0 Å². The molecule has 0 fully saturated rings. The average Bonchev–Trinajstić information content (AvgIpc) is 2.95. The lowest BCUT2D eigenvalue weighted by atomic mass is 10.1. The molecule has 0 aromatic rings. The summed E-state index contributed by atoms with van der Waals surface area (Å²) in [6.07, 6.45) is 18.8. The number of carbonyl (C=O) groups excluding carboxylic acids is 1. The first-order chi connectivity index (χ1) is 20.7. The third-order valence-electron chi connectivity index (χ3n) is 7.01. The van der Waals surface area contributed by atoms with Crippen molar-refractivity contribution < 1.29 is 38.3 Å². The highest BCUT2D eigenvalue weighted by atomic mass is 17.2. The molecule has 0 aliphatic rings. The summed E-state index contributed by atoms with van der Waals surface area (Å²) in [7, 11) is 0. The molecule has 2 atom stereocenters. The quantitative estimate of drug-likeness (QED) is 0.0249. The Kier molecular flexibility index (Phi) is 27.9. The molecular weight excluding hydrogens is 548 g/mol. The topological polar surface area (TPSA) is 81.7 Å². The van der Waals surface area contributed by atoms with E-state index < -0.39 is 18.4 Å². The standard InChI is InChI=1S/C35H70O8/c1-8-12-16-20-25-31-40-42-33(36)41-32(37-28-15-11-4)26-21-18-19-22-27-35(43-34(5,6)7,38-29-23-14-10-3)39-30-24-17-13-9-2/h32H,8-31H2,1-7H3. The second-order valence-corrected chi connectivity index (χ2v) is 12.7. The number of ether oxygens (including phenoxy) is 5. The van der Waals surface area contributed by atoms with Gasteiger partial charge in [-0.15, -0.1) is 0 Å². The zero-order chi connectivity index (χ0) is 32.1. The van der Waals surface area contributed by atoms with Crippen LogP contribution in [0.25, 0.3) is 0 Å². The Bertz CT molecular complexity index is 609. The molecule has 0 bridgehead atoms. The first kappa shape index (κ1) is 42.1. The van der Waals surface area contributed by atoms with Crippen LogP contribution in [0.3, 0.4) is 0 Å². The predicted octanol–water partition coefficient (Wildman–Crippen LogP) is 10.8. The fraction of sp³-hybridized carbons (Fsp3) is 0.971. The summed E-state index contributed by atoms with van der Waals surface area (Å²) in [5, 5.41) is 0. The molecule has 0 heterocycles. The molecule has 0 amide bonds. The van der Waals surface area contributed by atoms with Gasteiger partial charge in [0, 0.05) is 12.8 Å². The minimum atomic E-state index is -1.02. The van der Waals surface area contributed by atoms with E-state index in [0.717, 1.165) is 83.5 Å². The minimum absolute atomic E-state index is 0.380. The molecule has 8 heteroatoms. The number of unbranched alkanes of at least 4 members (excludes halogenated alkanes) is 13. The Morgan fingerprint density at radius 3 is 1.72 bits per heavy atom. The van der Waals surface area contributed by atoms with Gasteiger partial charge in [0.2, 0.25) is 6.29 Å². The zero-order valence-corrected chi connectivity index (χ0v) is 29.3. The summed E-state index contributed by atoms with van der Waals surface area (Å²) in [6, 6.07) is 0. The summed E-state index contributed by atoms with van der Waals surface area (Å²) in [5.41, 5.74) is -0.387. The van der Waals surface area contributed by atoms with Crippen molar-refractivity contribution in [2.45, 2.75) is 195 Å². The van der Waals surface area contributed by atoms with Crippen LogP contribution in [-0.2, 0) is 33.5 Å². The van der Waals surface area contributed by atoms with Crippen molar-refractivity contribution in [3.63, 3.8) is 0 Å². The molecule has 0 radical (unpaired) electrons. The Hall–Kier alpha value is -0.930. The van der Waals surface area contributed by atoms with E-state index in [9.17, 15) is 4.79 Å². The van der Waals surface area contributed by atoms with Gasteiger partial charge in [-0.2, -0.15) is 4.89 Å². The van der Waals surface area contributed by atoms with Crippen molar-refractivity contribution in [2.75, 3.05) is 26.4 Å². The highest BCUT2D eigenvalue weighted by Gasteiger charge is 2.37. The van der Waals surface area contributed by atoms with Crippen LogP contribution in [-0.4, -0.2) is 50.4 Å². The van der Waals surface area contributed by atoms with Crippen LogP contribution < -0.4 is 0 Å². The van der Waals surface area contributed by atoms with E-state index in [-0.39, 0.29) is 5.60 Å². The van der Waals surface area contributed by atoms with Gasteiger partial charge in [0.15, 0.2) is 0 Å². The molecule has 0 aliphatic carbocycles. The van der Waals surface area contributed by atoms with Gasteiger partial charge in [-0.3, -0.25) is 4.89 Å². The third kappa shape index (κ3) is 27.1. The van der Waals surface area contributed by atoms with E-state index >= 15 is 0 Å². The maximum Gasteiger partial charge on any atom is 0.542 e. The first-order valence-corrected chi connectivity index (χ1v) is 17.8. The van der Waals surface area contributed by atoms with Gasteiger partial charge in [-0.25, -0.2) is 4.79 Å². The number of hydrogen-bond donors (Lipinski definition) is 0. The molecule has 2 unspecified atom stereocenters. The van der Waals surface area contributed by atoms with Crippen molar-refractivity contribution >= 4 is 6.16 Å². The molecule has 0 saturated heterocycles. The Morgan fingerprint density at radius 1 is 0.581 bits per heavy atom. The van der Waals surface area contributed by atoms with Crippen molar-refractivity contribution in [2.24, 2.45) is 0 Å². The van der Waals surface area contributed by atoms with Crippen LogP contribution >= 0.6 is 0 Å². The Labute approximate surface area is 265 Å². The van der Waals surface area contributed by atoms with Crippen LogP contribution in [0.2, 0.25) is 0 Å². The lowest BCUT2D eigenvalue weighted by molar-refractivity contribution is -0.408. The van der Waals surface area contributed by atoms with Gasteiger partial charge < -0.3 is 23.7 Å². The lowest BCUT2D eigenvalue weighted by Gasteiger charge is -2.39. The highest BCUT2D eigenvalue weighted by Crippen LogP contribution is 2.30. The fourth-order valence-corrected chi connectivity index (χ4v) is 4.62.